The van der Waals surface area contributed by atoms with Crippen LogP contribution < -0.4 is 0 Å². The molecule has 81 heavy (non-hydrogen) atoms. The van der Waals surface area contributed by atoms with Crippen LogP contribution in [0.5, 0.6) is 0 Å². The predicted octanol–water partition coefficient (Wildman–Crippen LogP) is 23.1. The molecule has 1 unspecified atom stereocenters. The summed E-state index contributed by atoms with van der Waals surface area (Å²) in [5, 5.41) is 0. The molecule has 0 N–H and O–H groups in total. The minimum Gasteiger partial charge on any atom is -0.462 e. The number of hydrogen-bond donors (Lipinski definition) is 0. The molecule has 0 fully saturated rings. The number of carbonyl (C=O) groups excluding carboxylic acids is 3. The van der Waals surface area contributed by atoms with E-state index in [4.69, 9.17) is 14.2 Å². The number of carbonyl (C=O) groups is 3. The van der Waals surface area contributed by atoms with E-state index in [1.54, 1.807) is 0 Å². The summed E-state index contributed by atoms with van der Waals surface area (Å²) in [6, 6.07) is 0. The maximum absolute atomic E-state index is 12.9. The van der Waals surface area contributed by atoms with Gasteiger partial charge in [-0.2, -0.15) is 0 Å². The summed E-state index contributed by atoms with van der Waals surface area (Å²) in [6.07, 6.45) is 97.1. The molecule has 458 valence electrons. The van der Waals surface area contributed by atoms with Crippen molar-refractivity contribution in [1.82, 2.24) is 0 Å². The van der Waals surface area contributed by atoms with Gasteiger partial charge in [0, 0.05) is 19.3 Å². The molecule has 6 nitrogen and oxygen atoms in total. The highest BCUT2D eigenvalue weighted by molar-refractivity contribution is 5.71. The fraction of sp³-hybridized carbons (Fsp3) is 0.640. The Kier molecular flexibility index (Phi) is 63.9. The molecular weight excluding hydrogens is 997 g/mol. The summed E-state index contributed by atoms with van der Waals surface area (Å²) in [7, 11) is 0. The Hall–Kier alpha value is -4.71. The first kappa shape index (κ1) is 76.3. The topological polar surface area (TPSA) is 78.9 Å². The molecule has 0 amide bonds. The quantitative estimate of drug-likeness (QED) is 0.0261. The molecule has 0 aromatic rings. The van der Waals surface area contributed by atoms with Crippen molar-refractivity contribution in [2.24, 2.45) is 0 Å². The van der Waals surface area contributed by atoms with E-state index in [1.807, 2.05) is 0 Å². The minimum atomic E-state index is -0.806. The third-order valence-corrected chi connectivity index (χ3v) is 13.8. The van der Waals surface area contributed by atoms with Gasteiger partial charge in [0.15, 0.2) is 6.10 Å². The Morgan fingerprint density at radius 1 is 0.259 bits per heavy atom. The van der Waals surface area contributed by atoms with Crippen LogP contribution in [0.15, 0.2) is 146 Å². The number of unbranched alkanes of at least 4 members (excludes halogenated alkanes) is 24. The van der Waals surface area contributed by atoms with E-state index in [-0.39, 0.29) is 31.1 Å². The zero-order valence-electron chi connectivity index (χ0n) is 52.5. The van der Waals surface area contributed by atoms with Crippen LogP contribution in [0, 0.1) is 0 Å². The third-order valence-electron chi connectivity index (χ3n) is 13.8. The molecule has 1 atom stereocenters. The summed E-state index contributed by atoms with van der Waals surface area (Å²) in [5.74, 6) is -0.942. The lowest BCUT2D eigenvalue weighted by molar-refractivity contribution is -0.167. The minimum absolute atomic E-state index is 0.0989. The van der Waals surface area contributed by atoms with Crippen LogP contribution in [0.3, 0.4) is 0 Å². The molecule has 0 aromatic carbocycles. The van der Waals surface area contributed by atoms with Crippen molar-refractivity contribution in [2.45, 2.75) is 297 Å². The fourth-order valence-electron chi connectivity index (χ4n) is 8.88. The van der Waals surface area contributed by atoms with Gasteiger partial charge in [-0.05, 0) is 141 Å². The Morgan fingerprint density at radius 3 is 0.778 bits per heavy atom. The largest absolute Gasteiger partial charge is 0.462 e. The normalized spacial score (nSPS) is 13.1. The number of allylic oxidation sites excluding steroid dienone is 24. The van der Waals surface area contributed by atoms with Gasteiger partial charge in [0.25, 0.3) is 0 Å². The van der Waals surface area contributed by atoms with Crippen LogP contribution in [0.2, 0.25) is 0 Å². The summed E-state index contributed by atoms with van der Waals surface area (Å²) in [5.41, 5.74) is 0. The van der Waals surface area contributed by atoms with Crippen LogP contribution in [-0.2, 0) is 28.6 Å². The van der Waals surface area contributed by atoms with Crippen LogP contribution >= 0.6 is 0 Å². The lowest BCUT2D eigenvalue weighted by Crippen LogP contribution is -2.30. The van der Waals surface area contributed by atoms with Gasteiger partial charge in [0.2, 0.25) is 0 Å². The molecule has 0 radical (unpaired) electrons. The molecule has 0 aromatic heterocycles. The average Bonchev–Trinajstić information content (AvgIpc) is 3.47. The molecule has 6 heteroatoms. The molecule has 0 aliphatic rings. The molecular formula is C75H122O6. The van der Waals surface area contributed by atoms with Crippen molar-refractivity contribution in [3.63, 3.8) is 0 Å². The van der Waals surface area contributed by atoms with Gasteiger partial charge in [-0.3, -0.25) is 14.4 Å². The van der Waals surface area contributed by atoms with Gasteiger partial charge in [-0.25, -0.2) is 0 Å². The third kappa shape index (κ3) is 66.0. The molecule has 0 saturated heterocycles. The van der Waals surface area contributed by atoms with Crippen LogP contribution in [0.25, 0.3) is 0 Å². The molecule has 0 heterocycles. The van der Waals surface area contributed by atoms with E-state index >= 15 is 0 Å². The summed E-state index contributed by atoms with van der Waals surface area (Å²) in [6.45, 7) is 6.38. The molecule has 0 spiro atoms. The van der Waals surface area contributed by atoms with Gasteiger partial charge >= 0.3 is 17.9 Å². The van der Waals surface area contributed by atoms with E-state index in [9.17, 15) is 14.4 Å². The van der Waals surface area contributed by atoms with Gasteiger partial charge in [-0.15, -0.1) is 0 Å². The first-order valence-electron chi connectivity index (χ1n) is 33.3. The fourth-order valence-corrected chi connectivity index (χ4v) is 8.88. The molecule has 0 bridgehead atoms. The van der Waals surface area contributed by atoms with Crippen molar-refractivity contribution in [3.05, 3.63) is 146 Å². The van der Waals surface area contributed by atoms with Crippen molar-refractivity contribution in [3.8, 4) is 0 Å². The van der Waals surface area contributed by atoms with Gasteiger partial charge in [0.1, 0.15) is 13.2 Å². The molecule has 0 saturated carbocycles. The highest BCUT2D eigenvalue weighted by Crippen LogP contribution is 2.15. The number of ether oxygens (including phenoxy) is 3. The van der Waals surface area contributed by atoms with Crippen molar-refractivity contribution in [1.29, 1.82) is 0 Å². The van der Waals surface area contributed by atoms with Crippen molar-refractivity contribution in [2.75, 3.05) is 13.2 Å². The van der Waals surface area contributed by atoms with Crippen molar-refractivity contribution >= 4 is 17.9 Å². The summed E-state index contributed by atoms with van der Waals surface area (Å²) >= 11 is 0. The number of rotatable bonds is 59. The Labute approximate surface area is 499 Å². The maximum atomic E-state index is 12.9. The van der Waals surface area contributed by atoms with E-state index in [1.165, 1.54) is 103 Å². The van der Waals surface area contributed by atoms with Gasteiger partial charge < -0.3 is 14.2 Å². The smallest absolute Gasteiger partial charge is 0.306 e. The summed E-state index contributed by atoms with van der Waals surface area (Å²) in [4.78, 5) is 38.4. The standard InChI is InChI=1S/C75H122O6/c1-4-7-10-13-16-19-22-25-28-30-32-34-36-37-39-40-42-44-47-50-53-56-59-62-65-68-74(77)80-71-72(70-79-73(76)67-64-61-58-55-52-49-46-27-24-21-18-15-12-9-6-3)81-75(78)69-66-63-60-57-54-51-48-45-43-41-38-35-33-31-29-26-23-20-17-14-11-8-5-2/h7-8,10-11,16-17,19-20,25-29,32-35,37,39,42,44,46,50,53,72H,4-6,9,12-15,18,21-24,30-31,36,38,40-41,43,45,47-49,51-52,54-71H2,1-3H3/b10-7-,11-8-,19-16-,20-17-,28-25-,29-26-,34-32-,35-33-,39-37-,44-42-,46-27-,53-50-. The van der Waals surface area contributed by atoms with Gasteiger partial charge in [0.05, 0.1) is 0 Å². The Bertz CT molecular complexity index is 1760. The highest BCUT2D eigenvalue weighted by Gasteiger charge is 2.19. The SMILES string of the molecule is CC/C=C\C/C=C\C/C=C\C/C=C\C/C=C\C/C=C\C/C=C\CCCCCC(=O)OCC(COC(=O)CCCCCCC/C=C\CCCCCCCC)OC(=O)CCCCCCCCCCCC/C=C\C/C=C\C/C=C\C/C=C\CC. The average molecular weight is 1120 g/mol. The van der Waals surface area contributed by atoms with E-state index in [0.717, 1.165) is 148 Å². The number of esters is 3. The second-order valence-electron chi connectivity index (χ2n) is 21.6. The monoisotopic (exact) mass is 1120 g/mol. The van der Waals surface area contributed by atoms with E-state index in [0.29, 0.717) is 19.3 Å². The lowest BCUT2D eigenvalue weighted by Gasteiger charge is -2.18. The van der Waals surface area contributed by atoms with Gasteiger partial charge in [-0.1, -0.05) is 276 Å². The highest BCUT2D eigenvalue weighted by atomic mass is 16.6. The lowest BCUT2D eigenvalue weighted by atomic mass is 10.0. The first-order valence-corrected chi connectivity index (χ1v) is 33.3. The first-order chi connectivity index (χ1) is 40.0. The number of hydrogen-bond acceptors (Lipinski definition) is 6. The summed E-state index contributed by atoms with van der Waals surface area (Å²) < 4.78 is 16.9. The zero-order chi connectivity index (χ0) is 58.5. The van der Waals surface area contributed by atoms with Crippen LogP contribution in [0.4, 0.5) is 0 Å². The molecule has 0 aliphatic heterocycles. The van der Waals surface area contributed by atoms with Crippen LogP contribution in [0.1, 0.15) is 290 Å². The van der Waals surface area contributed by atoms with E-state index in [2.05, 4.69) is 167 Å². The van der Waals surface area contributed by atoms with E-state index < -0.39 is 6.10 Å². The zero-order valence-corrected chi connectivity index (χ0v) is 52.5. The molecule has 0 rings (SSSR count). The van der Waals surface area contributed by atoms with Crippen molar-refractivity contribution < 1.29 is 28.6 Å². The second-order valence-corrected chi connectivity index (χ2v) is 21.6. The van der Waals surface area contributed by atoms with Crippen LogP contribution in [-0.4, -0.2) is 37.2 Å². The second kappa shape index (κ2) is 67.8. The predicted molar refractivity (Wildman–Crippen MR) is 352 cm³/mol. The Balaban J connectivity index is 4.46. The maximum Gasteiger partial charge on any atom is 0.306 e. The Morgan fingerprint density at radius 2 is 0.481 bits per heavy atom. The molecule has 0 aliphatic carbocycles.